The summed E-state index contributed by atoms with van der Waals surface area (Å²) in [5.41, 5.74) is 10.1. The fourth-order valence-electron chi connectivity index (χ4n) is 6.10. The SMILES string of the molecule is C\C=C/C=C\C(\C=C/C)=C\C(C)CC(Cc1cc2ccccc2cc1C)(Nc1cc(C)c(C)cc1S)Nc1cc(C)c(C)cc1S. The molecule has 0 heterocycles. The van der Waals surface area contributed by atoms with Gasteiger partial charge in [0.2, 0.25) is 0 Å². The average Bonchev–Trinajstić information content (AvgIpc) is 2.99. The highest BCUT2D eigenvalue weighted by atomic mass is 32.1. The Hall–Kier alpha value is -3.60. The van der Waals surface area contributed by atoms with Gasteiger partial charge >= 0.3 is 0 Å². The molecule has 0 aromatic heterocycles. The summed E-state index contributed by atoms with van der Waals surface area (Å²) in [7, 11) is 0. The molecule has 240 valence electrons. The normalized spacial score (nSPS) is 13.4. The molecule has 4 aromatic carbocycles. The molecule has 0 amide bonds. The summed E-state index contributed by atoms with van der Waals surface area (Å²) in [4.78, 5) is 1.87. The van der Waals surface area contributed by atoms with Gasteiger partial charge in [-0.15, -0.1) is 25.3 Å². The third-order valence-electron chi connectivity index (χ3n) is 8.77. The molecule has 2 nitrogen and oxygen atoms in total. The van der Waals surface area contributed by atoms with Gasteiger partial charge in [-0.1, -0.05) is 85.9 Å². The van der Waals surface area contributed by atoms with Gasteiger partial charge in [0.15, 0.2) is 0 Å². The van der Waals surface area contributed by atoms with Crippen LogP contribution in [0.4, 0.5) is 11.4 Å². The van der Waals surface area contributed by atoms with Crippen molar-refractivity contribution in [3.05, 3.63) is 142 Å². The first-order chi connectivity index (χ1) is 21.9. The van der Waals surface area contributed by atoms with Crippen LogP contribution in [0.3, 0.4) is 0 Å². The van der Waals surface area contributed by atoms with Gasteiger partial charge in [0.05, 0.1) is 0 Å². The van der Waals surface area contributed by atoms with E-state index in [0.717, 1.165) is 34.0 Å². The van der Waals surface area contributed by atoms with Crippen molar-refractivity contribution in [3.8, 4) is 0 Å². The van der Waals surface area contributed by atoms with Crippen LogP contribution in [0, 0.1) is 40.5 Å². The minimum atomic E-state index is -0.588. The summed E-state index contributed by atoms with van der Waals surface area (Å²) >= 11 is 9.96. The Labute approximate surface area is 288 Å². The maximum atomic E-state index is 4.98. The lowest BCUT2D eigenvalue weighted by molar-refractivity contribution is 0.428. The monoisotopic (exact) mass is 646 g/mol. The number of rotatable bonds is 12. The molecule has 4 aromatic rings. The second-order valence-corrected chi connectivity index (χ2v) is 13.7. The molecular formula is C42H50N2S2. The molecule has 46 heavy (non-hydrogen) atoms. The molecular weight excluding hydrogens is 597 g/mol. The van der Waals surface area contributed by atoms with Gasteiger partial charge in [0, 0.05) is 27.6 Å². The lowest BCUT2D eigenvalue weighted by Gasteiger charge is -2.41. The lowest BCUT2D eigenvalue weighted by atomic mass is 9.85. The quantitative estimate of drug-likeness (QED) is 0.0699. The molecule has 0 spiro atoms. The van der Waals surface area contributed by atoms with Crippen molar-refractivity contribution < 1.29 is 0 Å². The molecule has 0 aliphatic rings. The Balaban J connectivity index is 1.93. The molecule has 0 radical (unpaired) electrons. The van der Waals surface area contributed by atoms with E-state index >= 15 is 0 Å². The number of hydrogen-bond donors (Lipinski definition) is 4. The van der Waals surface area contributed by atoms with E-state index in [2.05, 4.69) is 162 Å². The zero-order valence-electron chi connectivity index (χ0n) is 28.7. The Morgan fingerprint density at radius 1 is 0.696 bits per heavy atom. The van der Waals surface area contributed by atoms with Crippen LogP contribution in [0.15, 0.2) is 119 Å². The second kappa shape index (κ2) is 15.8. The smallest absolute Gasteiger partial charge is 0.112 e. The lowest BCUT2D eigenvalue weighted by Crippen LogP contribution is -2.50. The van der Waals surface area contributed by atoms with E-state index in [-0.39, 0.29) is 5.92 Å². The van der Waals surface area contributed by atoms with E-state index in [1.807, 2.05) is 6.92 Å². The summed E-state index contributed by atoms with van der Waals surface area (Å²) in [6.07, 6.45) is 16.6. The van der Waals surface area contributed by atoms with Gasteiger partial charge in [-0.25, -0.2) is 0 Å². The van der Waals surface area contributed by atoms with Gasteiger partial charge in [-0.05, 0) is 135 Å². The Morgan fingerprint density at radius 3 is 1.78 bits per heavy atom. The number of nitrogens with one attached hydrogen (secondary N) is 2. The molecule has 0 saturated heterocycles. The summed E-state index contributed by atoms with van der Waals surface area (Å²) in [6.45, 7) is 17.3. The first-order valence-electron chi connectivity index (χ1n) is 16.2. The summed E-state index contributed by atoms with van der Waals surface area (Å²) in [5.74, 6) is 0.215. The third kappa shape index (κ3) is 9.02. The number of allylic oxidation sites excluding steroid dienone is 8. The van der Waals surface area contributed by atoms with Crippen LogP contribution in [0.25, 0.3) is 10.8 Å². The van der Waals surface area contributed by atoms with E-state index in [1.165, 1.54) is 49.7 Å². The largest absolute Gasteiger partial charge is 0.362 e. The maximum absolute atomic E-state index is 4.98. The van der Waals surface area contributed by atoms with Crippen molar-refractivity contribution in [3.63, 3.8) is 0 Å². The second-order valence-electron chi connectivity index (χ2n) is 12.8. The van der Waals surface area contributed by atoms with E-state index in [0.29, 0.717) is 0 Å². The number of fused-ring (bicyclic) bond motifs is 1. The predicted octanol–water partition coefficient (Wildman–Crippen LogP) is 12.1. The van der Waals surface area contributed by atoms with Crippen LogP contribution in [0.5, 0.6) is 0 Å². The molecule has 0 fully saturated rings. The highest BCUT2D eigenvalue weighted by Crippen LogP contribution is 2.37. The summed E-state index contributed by atoms with van der Waals surface area (Å²) < 4.78 is 0. The molecule has 1 unspecified atom stereocenters. The molecule has 0 bridgehead atoms. The average molecular weight is 647 g/mol. The van der Waals surface area contributed by atoms with Crippen LogP contribution < -0.4 is 10.6 Å². The van der Waals surface area contributed by atoms with E-state index in [4.69, 9.17) is 25.3 Å². The Kier molecular flexibility index (Phi) is 12.1. The maximum Gasteiger partial charge on any atom is 0.112 e. The van der Waals surface area contributed by atoms with E-state index < -0.39 is 5.66 Å². The zero-order valence-corrected chi connectivity index (χ0v) is 30.5. The van der Waals surface area contributed by atoms with Crippen molar-refractivity contribution >= 4 is 47.4 Å². The first-order valence-corrected chi connectivity index (χ1v) is 17.1. The Bertz CT molecular complexity index is 1750. The standard InChI is InChI=1S/C42H50N2S2/c1-9-11-12-16-34(15-10-2)19-28(3)26-42(43-38-21-29(4)31(6)23-40(38)45,44-39-22-30(5)32(7)24-41(39)46)27-37-25-36-18-14-13-17-35(36)20-33(37)8/h9-25,28,43-46H,26-27H2,1-8H3/b11-9-,15-10-,16-12-,34-19+. The fraction of sp³-hybridized carbons (Fsp3) is 0.286. The van der Waals surface area contributed by atoms with Gasteiger partial charge in [0.1, 0.15) is 5.66 Å². The minimum Gasteiger partial charge on any atom is -0.362 e. The molecule has 4 heteroatoms. The molecule has 0 saturated carbocycles. The van der Waals surface area contributed by atoms with Gasteiger partial charge in [-0.2, -0.15) is 0 Å². The zero-order chi connectivity index (χ0) is 33.4. The molecule has 4 rings (SSSR count). The highest BCUT2D eigenvalue weighted by Gasteiger charge is 2.34. The molecule has 2 N–H and O–H groups in total. The van der Waals surface area contributed by atoms with Crippen LogP contribution in [-0.4, -0.2) is 5.66 Å². The van der Waals surface area contributed by atoms with Gasteiger partial charge < -0.3 is 10.6 Å². The van der Waals surface area contributed by atoms with E-state index in [9.17, 15) is 0 Å². The van der Waals surface area contributed by atoms with Crippen LogP contribution in [-0.2, 0) is 6.42 Å². The van der Waals surface area contributed by atoms with Crippen molar-refractivity contribution in [1.82, 2.24) is 0 Å². The highest BCUT2D eigenvalue weighted by molar-refractivity contribution is 7.80. The van der Waals surface area contributed by atoms with Crippen molar-refractivity contribution in [2.24, 2.45) is 5.92 Å². The number of aryl methyl sites for hydroxylation is 5. The summed E-state index contributed by atoms with van der Waals surface area (Å²) in [5, 5.41) is 10.6. The van der Waals surface area contributed by atoms with Crippen LogP contribution in [0.2, 0.25) is 0 Å². The number of anilines is 2. The molecule has 1 atom stereocenters. The van der Waals surface area contributed by atoms with Gasteiger partial charge in [0.25, 0.3) is 0 Å². The number of benzene rings is 4. The minimum absolute atomic E-state index is 0.215. The molecule has 0 aliphatic heterocycles. The Morgan fingerprint density at radius 2 is 1.24 bits per heavy atom. The van der Waals surface area contributed by atoms with Crippen LogP contribution >= 0.6 is 25.3 Å². The topological polar surface area (TPSA) is 24.1 Å². The number of thiol groups is 2. The first kappa shape index (κ1) is 35.3. The van der Waals surface area contributed by atoms with E-state index in [1.54, 1.807) is 0 Å². The van der Waals surface area contributed by atoms with Crippen molar-refractivity contribution in [2.75, 3.05) is 10.6 Å². The molecule has 0 aliphatic carbocycles. The van der Waals surface area contributed by atoms with Gasteiger partial charge in [-0.3, -0.25) is 0 Å². The third-order valence-corrected chi connectivity index (χ3v) is 9.51. The number of hydrogen-bond acceptors (Lipinski definition) is 4. The summed E-state index contributed by atoms with van der Waals surface area (Å²) in [6, 6.07) is 22.1. The van der Waals surface area contributed by atoms with Crippen molar-refractivity contribution in [2.45, 2.75) is 83.7 Å². The fourth-order valence-corrected chi connectivity index (χ4v) is 6.73. The van der Waals surface area contributed by atoms with Crippen molar-refractivity contribution in [1.29, 1.82) is 0 Å². The predicted molar refractivity (Wildman–Crippen MR) is 209 cm³/mol. The van der Waals surface area contributed by atoms with Crippen LogP contribution in [0.1, 0.15) is 60.6 Å².